The number of nitrogens with one attached hydrogen (secondary N) is 1. The third kappa shape index (κ3) is 2.59. The third-order valence-electron chi connectivity index (χ3n) is 5.07. The number of rotatable bonds is 5. The summed E-state index contributed by atoms with van der Waals surface area (Å²) in [4.78, 5) is 3.57. The van der Waals surface area contributed by atoms with Crippen LogP contribution in [-0.2, 0) is 13.0 Å². The molecule has 2 atom stereocenters. The molecule has 1 aliphatic carbocycles. The number of ether oxygens (including phenoxy) is 1. The van der Waals surface area contributed by atoms with Gasteiger partial charge >= 0.3 is 0 Å². The molecule has 3 aromatic rings. The molecule has 0 amide bonds. The average molecular weight is 319 g/mol. The number of fused-ring (bicyclic) bond motifs is 3. The van der Waals surface area contributed by atoms with E-state index in [0.29, 0.717) is 12.5 Å². The maximum absolute atomic E-state index is 6.35. The zero-order valence-corrected chi connectivity index (χ0v) is 14.0. The van der Waals surface area contributed by atoms with E-state index < -0.39 is 0 Å². The van der Waals surface area contributed by atoms with Gasteiger partial charge in [0, 0.05) is 28.6 Å². The minimum Gasteiger partial charge on any atom is -0.488 e. The topological polar surface area (TPSA) is 51.0 Å². The van der Waals surface area contributed by atoms with Crippen LogP contribution in [0.2, 0.25) is 0 Å². The van der Waals surface area contributed by atoms with Gasteiger partial charge in [-0.05, 0) is 42.5 Å². The molecule has 0 saturated carbocycles. The second-order valence-electron chi connectivity index (χ2n) is 6.53. The molecule has 0 aliphatic heterocycles. The van der Waals surface area contributed by atoms with E-state index in [4.69, 9.17) is 10.5 Å². The van der Waals surface area contributed by atoms with Gasteiger partial charge in [0.2, 0.25) is 0 Å². The number of aromatic nitrogens is 1. The first-order valence-electron chi connectivity index (χ1n) is 8.63. The Bertz CT molecular complexity index is 838. The molecular formula is C21H23N2O. The highest BCUT2D eigenvalue weighted by Crippen LogP contribution is 2.43. The normalized spacial score (nSPS) is 17.8. The predicted octanol–water partition coefficient (Wildman–Crippen LogP) is 4.33. The van der Waals surface area contributed by atoms with E-state index in [0.717, 1.165) is 24.1 Å². The highest BCUT2D eigenvalue weighted by Gasteiger charge is 2.31. The fourth-order valence-corrected chi connectivity index (χ4v) is 3.82. The van der Waals surface area contributed by atoms with Gasteiger partial charge in [0.15, 0.2) is 0 Å². The van der Waals surface area contributed by atoms with Crippen LogP contribution in [-0.4, -0.2) is 11.0 Å². The SMILES string of the molecule is C[CH][C@H](N)C1CCc2[nH]c3cccc(OCc4ccccc4)c3c21. The number of benzene rings is 2. The summed E-state index contributed by atoms with van der Waals surface area (Å²) in [6.45, 7) is 2.63. The van der Waals surface area contributed by atoms with Crippen molar-refractivity contribution in [3.05, 3.63) is 71.8 Å². The van der Waals surface area contributed by atoms with Crippen molar-refractivity contribution in [1.29, 1.82) is 0 Å². The van der Waals surface area contributed by atoms with Gasteiger partial charge in [0.1, 0.15) is 12.4 Å². The number of aromatic amines is 1. The number of nitrogens with two attached hydrogens (primary N) is 1. The third-order valence-corrected chi connectivity index (χ3v) is 5.07. The van der Waals surface area contributed by atoms with Crippen molar-refractivity contribution in [2.24, 2.45) is 5.73 Å². The first-order chi connectivity index (χ1) is 11.8. The lowest BCUT2D eigenvalue weighted by Gasteiger charge is -2.19. The molecule has 123 valence electrons. The lowest BCUT2D eigenvalue weighted by Crippen LogP contribution is -2.26. The number of hydrogen-bond donors (Lipinski definition) is 2. The Morgan fingerprint density at radius 2 is 2.04 bits per heavy atom. The number of aryl methyl sites for hydroxylation is 1. The molecule has 1 unspecified atom stereocenters. The first kappa shape index (κ1) is 15.3. The number of hydrogen-bond acceptors (Lipinski definition) is 2. The van der Waals surface area contributed by atoms with Crippen molar-refractivity contribution in [2.75, 3.05) is 0 Å². The lowest BCUT2D eigenvalue weighted by atomic mass is 9.91. The summed E-state index contributed by atoms with van der Waals surface area (Å²) in [6, 6.07) is 16.6. The van der Waals surface area contributed by atoms with Gasteiger partial charge in [-0.25, -0.2) is 0 Å². The van der Waals surface area contributed by atoms with Crippen LogP contribution in [0, 0.1) is 6.42 Å². The summed E-state index contributed by atoms with van der Waals surface area (Å²) < 4.78 is 6.18. The standard InChI is InChI=1S/C21H23N2O/c1-2-16(22)15-11-12-18-20(15)21-17(23-18)9-6-10-19(21)24-13-14-7-4-3-5-8-14/h2-10,15-16,23H,11-13,22H2,1H3/t15?,16-/m0/s1. The van der Waals surface area contributed by atoms with Crippen molar-refractivity contribution < 1.29 is 4.74 Å². The van der Waals surface area contributed by atoms with E-state index in [1.807, 2.05) is 25.1 Å². The average Bonchev–Trinajstić information content (AvgIpc) is 3.19. The van der Waals surface area contributed by atoms with Crippen LogP contribution in [0.4, 0.5) is 0 Å². The Labute approximate surface area is 142 Å². The summed E-state index contributed by atoms with van der Waals surface area (Å²) in [5.74, 6) is 1.32. The molecular weight excluding hydrogens is 296 g/mol. The highest BCUT2D eigenvalue weighted by molar-refractivity contribution is 5.91. The molecule has 3 heteroatoms. The van der Waals surface area contributed by atoms with Crippen LogP contribution < -0.4 is 10.5 Å². The van der Waals surface area contributed by atoms with Gasteiger partial charge in [-0.1, -0.05) is 43.3 Å². The Morgan fingerprint density at radius 3 is 2.83 bits per heavy atom. The van der Waals surface area contributed by atoms with Crippen LogP contribution in [0.5, 0.6) is 5.75 Å². The van der Waals surface area contributed by atoms with Crippen LogP contribution in [0.1, 0.15) is 36.1 Å². The van der Waals surface area contributed by atoms with E-state index >= 15 is 0 Å². The molecule has 0 bridgehead atoms. The van der Waals surface area contributed by atoms with Gasteiger partial charge in [-0.2, -0.15) is 0 Å². The zero-order chi connectivity index (χ0) is 16.5. The van der Waals surface area contributed by atoms with E-state index in [1.54, 1.807) is 0 Å². The van der Waals surface area contributed by atoms with Gasteiger partial charge in [0.25, 0.3) is 0 Å². The zero-order valence-electron chi connectivity index (χ0n) is 14.0. The van der Waals surface area contributed by atoms with E-state index in [9.17, 15) is 0 Å². The summed E-state index contributed by atoms with van der Waals surface area (Å²) in [7, 11) is 0. The van der Waals surface area contributed by atoms with Crippen molar-refractivity contribution in [3.63, 3.8) is 0 Å². The molecule has 1 heterocycles. The van der Waals surface area contributed by atoms with Gasteiger partial charge in [-0.3, -0.25) is 0 Å². The molecule has 3 N–H and O–H groups in total. The van der Waals surface area contributed by atoms with Crippen molar-refractivity contribution in [1.82, 2.24) is 4.98 Å². The molecule has 1 radical (unpaired) electrons. The molecule has 0 spiro atoms. The lowest BCUT2D eigenvalue weighted by molar-refractivity contribution is 0.310. The van der Waals surface area contributed by atoms with Crippen LogP contribution in [0.25, 0.3) is 10.9 Å². The quantitative estimate of drug-likeness (QED) is 0.735. The van der Waals surface area contributed by atoms with Gasteiger partial charge < -0.3 is 15.5 Å². The second-order valence-corrected chi connectivity index (χ2v) is 6.53. The molecule has 0 fully saturated rings. The highest BCUT2D eigenvalue weighted by atomic mass is 16.5. The monoisotopic (exact) mass is 319 g/mol. The minimum absolute atomic E-state index is 0.0902. The van der Waals surface area contributed by atoms with E-state index in [2.05, 4.69) is 41.7 Å². The summed E-state index contributed by atoms with van der Waals surface area (Å²) >= 11 is 0. The second kappa shape index (κ2) is 6.33. The largest absolute Gasteiger partial charge is 0.488 e. The van der Waals surface area contributed by atoms with Crippen molar-refractivity contribution >= 4 is 10.9 Å². The Morgan fingerprint density at radius 1 is 1.21 bits per heavy atom. The van der Waals surface area contributed by atoms with E-state index in [-0.39, 0.29) is 6.04 Å². The van der Waals surface area contributed by atoms with Crippen molar-refractivity contribution in [2.45, 2.75) is 38.3 Å². The molecule has 24 heavy (non-hydrogen) atoms. The Hall–Kier alpha value is -2.26. The first-order valence-corrected chi connectivity index (χ1v) is 8.63. The number of H-pyrrole nitrogens is 1. The summed E-state index contributed by atoms with van der Waals surface area (Å²) in [5, 5.41) is 1.21. The molecule has 3 nitrogen and oxygen atoms in total. The predicted molar refractivity (Wildman–Crippen MR) is 98.1 cm³/mol. The van der Waals surface area contributed by atoms with Crippen LogP contribution in [0.15, 0.2) is 48.5 Å². The Balaban J connectivity index is 1.71. The van der Waals surface area contributed by atoms with E-state index in [1.165, 1.54) is 22.2 Å². The molecule has 1 aromatic heterocycles. The maximum atomic E-state index is 6.35. The van der Waals surface area contributed by atoms with Gasteiger partial charge in [-0.15, -0.1) is 0 Å². The minimum atomic E-state index is 0.0902. The van der Waals surface area contributed by atoms with Gasteiger partial charge in [0.05, 0.1) is 0 Å². The smallest absolute Gasteiger partial charge is 0.129 e. The molecule has 2 aromatic carbocycles. The van der Waals surface area contributed by atoms with Crippen molar-refractivity contribution in [3.8, 4) is 5.75 Å². The Kier molecular flexibility index (Phi) is 4.03. The molecule has 0 saturated heterocycles. The summed E-state index contributed by atoms with van der Waals surface area (Å²) in [5.41, 5.74) is 11.4. The van der Waals surface area contributed by atoms with Crippen LogP contribution in [0.3, 0.4) is 0 Å². The molecule has 4 rings (SSSR count). The fourth-order valence-electron chi connectivity index (χ4n) is 3.82. The maximum Gasteiger partial charge on any atom is 0.129 e. The molecule has 1 aliphatic rings. The fraction of sp³-hybridized carbons (Fsp3) is 0.286. The summed E-state index contributed by atoms with van der Waals surface area (Å²) in [6.07, 6.45) is 4.27. The van der Waals surface area contributed by atoms with Crippen LogP contribution >= 0.6 is 0 Å².